The SMILES string of the molecule is COc1c(C(C)C)ccc(C)c1CC(C)O. The van der Waals surface area contributed by atoms with E-state index in [-0.39, 0.29) is 6.10 Å². The minimum absolute atomic E-state index is 0.338. The highest BCUT2D eigenvalue weighted by Crippen LogP contribution is 2.32. The summed E-state index contributed by atoms with van der Waals surface area (Å²) in [6, 6.07) is 4.22. The Kier molecular flexibility index (Phi) is 4.36. The van der Waals surface area contributed by atoms with Gasteiger partial charge in [-0.3, -0.25) is 0 Å². The van der Waals surface area contributed by atoms with Crippen LogP contribution in [-0.2, 0) is 6.42 Å². The normalized spacial score (nSPS) is 12.9. The van der Waals surface area contributed by atoms with Crippen molar-refractivity contribution in [2.75, 3.05) is 7.11 Å². The van der Waals surface area contributed by atoms with Crippen molar-refractivity contribution < 1.29 is 9.84 Å². The molecule has 0 saturated carbocycles. The molecule has 1 aromatic carbocycles. The van der Waals surface area contributed by atoms with E-state index in [4.69, 9.17) is 4.74 Å². The first-order valence-corrected chi connectivity index (χ1v) is 5.81. The Morgan fingerprint density at radius 3 is 2.31 bits per heavy atom. The Hall–Kier alpha value is -1.02. The summed E-state index contributed by atoms with van der Waals surface area (Å²) in [4.78, 5) is 0. The molecule has 1 rings (SSSR count). The smallest absolute Gasteiger partial charge is 0.125 e. The lowest BCUT2D eigenvalue weighted by Gasteiger charge is -2.19. The van der Waals surface area contributed by atoms with Gasteiger partial charge in [0.05, 0.1) is 13.2 Å². The van der Waals surface area contributed by atoms with E-state index >= 15 is 0 Å². The monoisotopic (exact) mass is 222 g/mol. The summed E-state index contributed by atoms with van der Waals surface area (Å²) < 4.78 is 5.51. The quantitative estimate of drug-likeness (QED) is 0.848. The third-order valence-corrected chi connectivity index (χ3v) is 2.85. The van der Waals surface area contributed by atoms with E-state index in [0.717, 1.165) is 11.3 Å². The number of aryl methyl sites for hydroxylation is 1. The molecule has 90 valence electrons. The second-order valence-corrected chi connectivity index (χ2v) is 4.69. The summed E-state index contributed by atoms with van der Waals surface area (Å²) in [6.45, 7) is 8.17. The Labute approximate surface area is 98.3 Å². The minimum atomic E-state index is -0.338. The van der Waals surface area contributed by atoms with Gasteiger partial charge in [-0.2, -0.15) is 0 Å². The molecule has 0 spiro atoms. The Morgan fingerprint density at radius 2 is 1.88 bits per heavy atom. The average Bonchev–Trinajstić information content (AvgIpc) is 2.19. The van der Waals surface area contributed by atoms with Crippen LogP contribution in [-0.4, -0.2) is 18.3 Å². The van der Waals surface area contributed by atoms with Gasteiger partial charge in [-0.15, -0.1) is 0 Å². The van der Waals surface area contributed by atoms with Crippen molar-refractivity contribution in [3.05, 3.63) is 28.8 Å². The van der Waals surface area contributed by atoms with Crippen LogP contribution in [0.4, 0.5) is 0 Å². The highest BCUT2D eigenvalue weighted by atomic mass is 16.5. The van der Waals surface area contributed by atoms with E-state index in [0.29, 0.717) is 12.3 Å². The first-order chi connectivity index (χ1) is 7.47. The molecule has 0 amide bonds. The van der Waals surface area contributed by atoms with Crippen LogP contribution >= 0.6 is 0 Å². The molecular formula is C14H22O2. The van der Waals surface area contributed by atoms with Crippen molar-refractivity contribution >= 4 is 0 Å². The fourth-order valence-electron chi connectivity index (χ4n) is 1.99. The van der Waals surface area contributed by atoms with Gasteiger partial charge in [0.25, 0.3) is 0 Å². The average molecular weight is 222 g/mol. The number of rotatable bonds is 4. The lowest BCUT2D eigenvalue weighted by molar-refractivity contribution is 0.194. The summed E-state index contributed by atoms with van der Waals surface area (Å²) in [6.07, 6.45) is 0.310. The fraction of sp³-hybridized carbons (Fsp3) is 0.571. The molecule has 0 radical (unpaired) electrons. The predicted octanol–water partition coefficient (Wildman–Crippen LogP) is 3.05. The predicted molar refractivity (Wildman–Crippen MR) is 67.2 cm³/mol. The van der Waals surface area contributed by atoms with E-state index in [9.17, 15) is 5.11 Å². The molecule has 0 fully saturated rings. The molecule has 1 N–H and O–H groups in total. The highest BCUT2D eigenvalue weighted by molar-refractivity contribution is 5.47. The van der Waals surface area contributed by atoms with Crippen molar-refractivity contribution in [1.29, 1.82) is 0 Å². The summed E-state index contributed by atoms with van der Waals surface area (Å²) >= 11 is 0. The number of hydrogen-bond donors (Lipinski definition) is 1. The van der Waals surface area contributed by atoms with Crippen LogP contribution in [0.1, 0.15) is 43.4 Å². The molecule has 2 heteroatoms. The van der Waals surface area contributed by atoms with Gasteiger partial charge in [0.1, 0.15) is 5.75 Å². The largest absolute Gasteiger partial charge is 0.496 e. The molecule has 1 atom stereocenters. The topological polar surface area (TPSA) is 29.5 Å². The zero-order valence-corrected chi connectivity index (χ0v) is 10.9. The van der Waals surface area contributed by atoms with Gasteiger partial charge >= 0.3 is 0 Å². The molecule has 0 bridgehead atoms. The number of hydrogen-bond acceptors (Lipinski definition) is 2. The van der Waals surface area contributed by atoms with E-state index in [1.54, 1.807) is 14.0 Å². The van der Waals surface area contributed by atoms with E-state index in [1.165, 1.54) is 11.1 Å². The summed E-state index contributed by atoms with van der Waals surface area (Å²) in [5.41, 5.74) is 3.52. The van der Waals surface area contributed by atoms with Gasteiger partial charge in [0, 0.05) is 6.42 Å². The fourth-order valence-corrected chi connectivity index (χ4v) is 1.99. The van der Waals surface area contributed by atoms with Gasteiger partial charge in [-0.25, -0.2) is 0 Å². The Bertz CT molecular complexity index is 354. The first-order valence-electron chi connectivity index (χ1n) is 5.81. The Balaban J connectivity index is 3.26. The zero-order valence-electron chi connectivity index (χ0n) is 10.9. The number of aliphatic hydroxyl groups excluding tert-OH is 1. The molecule has 0 saturated heterocycles. The number of ether oxygens (including phenoxy) is 1. The van der Waals surface area contributed by atoms with Gasteiger partial charge < -0.3 is 9.84 Å². The molecule has 1 unspecified atom stereocenters. The van der Waals surface area contributed by atoms with Crippen molar-refractivity contribution in [3.63, 3.8) is 0 Å². The van der Waals surface area contributed by atoms with Crippen LogP contribution in [0.3, 0.4) is 0 Å². The van der Waals surface area contributed by atoms with Crippen LogP contribution in [0.2, 0.25) is 0 Å². The van der Waals surface area contributed by atoms with E-state index in [2.05, 4.69) is 32.9 Å². The highest BCUT2D eigenvalue weighted by Gasteiger charge is 2.15. The summed E-state index contributed by atoms with van der Waals surface area (Å²) in [7, 11) is 1.70. The van der Waals surface area contributed by atoms with Crippen LogP contribution in [0.25, 0.3) is 0 Å². The van der Waals surface area contributed by atoms with Crippen molar-refractivity contribution in [2.24, 2.45) is 0 Å². The molecule has 0 aliphatic heterocycles. The van der Waals surface area contributed by atoms with Crippen LogP contribution in [0.5, 0.6) is 5.75 Å². The third kappa shape index (κ3) is 2.76. The molecule has 0 aromatic heterocycles. The van der Waals surface area contributed by atoms with Gasteiger partial charge in [0.15, 0.2) is 0 Å². The van der Waals surface area contributed by atoms with Crippen molar-refractivity contribution in [1.82, 2.24) is 0 Å². The summed E-state index contributed by atoms with van der Waals surface area (Å²) in [5.74, 6) is 1.37. The van der Waals surface area contributed by atoms with Gasteiger partial charge in [0.2, 0.25) is 0 Å². The Morgan fingerprint density at radius 1 is 1.25 bits per heavy atom. The maximum Gasteiger partial charge on any atom is 0.125 e. The lowest BCUT2D eigenvalue weighted by atomic mass is 9.93. The van der Waals surface area contributed by atoms with E-state index in [1.807, 2.05) is 0 Å². The summed E-state index contributed by atoms with van der Waals surface area (Å²) in [5, 5.41) is 9.52. The molecule has 16 heavy (non-hydrogen) atoms. The third-order valence-electron chi connectivity index (χ3n) is 2.85. The lowest BCUT2D eigenvalue weighted by Crippen LogP contribution is -2.09. The minimum Gasteiger partial charge on any atom is -0.496 e. The molecule has 0 heterocycles. The van der Waals surface area contributed by atoms with Crippen molar-refractivity contribution in [2.45, 2.75) is 46.1 Å². The maximum absolute atomic E-state index is 9.52. The van der Waals surface area contributed by atoms with Crippen LogP contribution in [0.15, 0.2) is 12.1 Å². The van der Waals surface area contributed by atoms with Crippen LogP contribution < -0.4 is 4.74 Å². The van der Waals surface area contributed by atoms with Crippen molar-refractivity contribution in [3.8, 4) is 5.75 Å². The number of aliphatic hydroxyl groups is 1. The molecule has 0 aliphatic rings. The van der Waals surface area contributed by atoms with Gasteiger partial charge in [-0.1, -0.05) is 26.0 Å². The second kappa shape index (κ2) is 5.35. The standard InChI is InChI=1S/C14H22O2/c1-9(2)12-7-6-10(3)13(8-11(4)15)14(12)16-5/h6-7,9,11,15H,8H2,1-5H3. The molecule has 0 aliphatic carbocycles. The number of methoxy groups -OCH3 is 1. The van der Waals surface area contributed by atoms with Gasteiger partial charge in [-0.05, 0) is 36.5 Å². The molecule has 1 aromatic rings. The maximum atomic E-state index is 9.52. The second-order valence-electron chi connectivity index (χ2n) is 4.69. The molecule has 2 nitrogen and oxygen atoms in total. The van der Waals surface area contributed by atoms with E-state index < -0.39 is 0 Å². The first kappa shape index (κ1) is 13.0. The zero-order chi connectivity index (χ0) is 12.3. The molecular weight excluding hydrogens is 200 g/mol. The number of benzene rings is 1. The van der Waals surface area contributed by atoms with Crippen LogP contribution in [0, 0.1) is 6.92 Å².